The van der Waals surface area contributed by atoms with Crippen molar-refractivity contribution >= 4 is 34.9 Å². The number of rotatable bonds is 3. The minimum atomic E-state index is -1.62. The number of fused-ring (bicyclic) bond motifs is 4. The smallest absolute Gasteiger partial charge is 0.330 e. The molecule has 176 valence electrons. The third kappa shape index (κ3) is 3.00. The van der Waals surface area contributed by atoms with Gasteiger partial charge in [0.2, 0.25) is 11.8 Å². The number of nitrogens with one attached hydrogen (secondary N) is 1. The van der Waals surface area contributed by atoms with Gasteiger partial charge >= 0.3 is 6.03 Å². The normalized spacial score (nSPS) is 24.0. The maximum absolute atomic E-state index is 13.6. The molecule has 11 nitrogen and oxygen atoms in total. The second-order valence-corrected chi connectivity index (χ2v) is 8.67. The number of non-ortho nitro benzene ring substituents is 1. The second kappa shape index (κ2) is 7.72. The fraction of sp³-hybridized carbons (Fsp3) is 0.348. The summed E-state index contributed by atoms with van der Waals surface area (Å²) in [6, 6.07) is 10.6. The molecule has 1 spiro atoms. The minimum absolute atomic E-state index is 0.0484. The third-order valence-corrected chi connectivity index (χ3v) is 7.04. The zero-order valence-electron chi connectivity index (χ0n) is 18.7. The van der Waals surface area contributed by atoms with Crippen molar-refractivity contribution in [2.24, 2.45) is 5.41 Å². The highest BCUT2D eigenvalue weighted by molar-refractivity contribution is 6.20. The lowest BCUT2D eigenvalue weighted by Gasteiger charge is -2.55. The third-order valence-electron chi connectivity index (χ3n) is 7.04. The van der Waals surface area contributed by atoms with E-state index in [0.717, 1.165) is 16.3 Å². The summed E-state index contributed by atoms with van der Waals surface area (Å²) in [5.41, 5.74) is 0.380. The van der Waals surface area contributed by atoms with E-state index < -0.39 is 34.2 Å². The number of barbiturate groups is 1. The van der Waals surface area contributed by atoms with Gasteiger partial charge in [-0.3, -0.25) is 29.9 Å². The number of piperazine rings is 1. The Labute approximate surface area is 195 Å². The number of imide groups is 2. The van der Waals surface area contributed by atoms with Crippen LogP contribution in [-0.4, -0.2) is 67.5 Å². The number of nitrogens with zero attached hydrogens (tertiary/aromatic N) is 4. The lowest BCUT2D eigenvalue weighted by Crippen LogP contribution is -2.74. The molecular formula is C23H23N5O6. The molecule has 1 N–H and O–H groups in total. The molecule has 3 heterocycles. The number of carbonyl (C=O) groups is 3. The minimum Gasteiger partial charge on any atom is -0.495 e. The maximum atomic E-state index is 13.6. The van der Waals surface area contributed by atoms with Gasteiger partial charge < -0.3 is 14.5 Å². The molecule has 2 fully saturated rings. The zero-order chi connectivity index (χ0) is 24.2. The van der Waals surface area contributed by atoms with Crippen molar-refractivity contribution in [1.82, 2.24) is 10.2 Å². The van der Waals surface area contributed by atoms with E-state index in [4.69, 9.17) is 4.74 Å². The van der Waals surface area contributed by atoms with Crippen LogP contribution in [0, 0.1) is 15.5 Å². The first kappa shape index (κ1) is 21.7. The molecule has 4 amide bonds. The molecule has 0 saturated carbocycles. The molecule has 5 rings (SSSR count). The number of nitro groups is 1. The average molecular weight is 465 g/mol. The predicted octanol–water partition coefficient (Wildman–Crippen LogP) is 1.55. The molecule has 11 heteroatoms. The summed E-state index contributed by atoms with van der Waals surface area (Å²) in [7, 11) is 2.92. The molecule has 0 aliphatic carbocycles. The molecule has 3 aliphatic heterocycles. The van der Waals surface area contributed by atoms with Crippen molar-refractivity contribution in [3.05, 3.63) is 58.1 Å². The van der Waals surface area contributed by atoms with Crippen LogP contribution in [-0.2, 0) is 16.0 Å². The molecule has 2 atom stereocenters. The van der Waals surface area contributed by atoms with Crippen molar-refractivity contribution in [3.8, 4) is 5.75 Å². The van der Waals surface area contributed by atoms with Crippen LogP contribution in [0.3, 0.4) is 0 Å². The highest BCUT2D eigenvalue weighted by Crippen LogP contribution is 2.47. The molecule has 0 aromatic heterocycles. The number of benzene rings is 2. The van der Waals surface area contributed by atoms with Gasteiger partial charge in [-0.15, -0.1) is 0 Å². The van der Waals surface area contributed by atoms with Gasteiger partial charge in [0.15, 0.2) is 5.41 Å². The van der Waals surface area contributed by atoms with Crippen molar-refractivity contribution in [1.29, 1.82) is 0 Å². The first-order valence-electron chi connectivity index (χ1n) is 10.8. The van der Waals surface area contributed by atoms with Gasteiger partial charge in [0, 0.05) is 50.9 Å². The van der Waals surface area contributed by atoms with Crippen LogP contribution in [0.2, 0.25) is 0 Å². The average Bonchev–Trinajstić information content (AvgIpc) is 2.85. The monoisotopic (exact) mass is 465 g/mol. The van der Waals surface area contributed by atoms with E-state index >= 15 is 0 Å². The number of ether oxygens (including phenoxy) is 1. The van der Waals surface area contributed by atoms with Gasteiger partial charge in [-0.2, -0.15) is 0 Å². The number of urea groups is 1. The first-order valence-corrected chi connectivity index (χ1v) is 10.8. The summed E-state index contributed by atoms with van der Waals surface area (Å²) in [6.07, 6.45) is -0.0484. The van der Waals surface area contributed by atoms with Crippen LogP contribution in [0.1, 0.15) is 5.56 Å². The quantitative estimate of drug-likeness (QED) is 0.411. The Morgan fingerprint density at radius 1 is 1.12 bits per heavy atom. The molecule has 0 radical (unpaired) electrons. The molecule has 3 aliphatic rings. The summed E-state index contributed by atoms with van der Waals surface area (Å²) in [6.45, 7) is 1.36. The highest BCUT2D eigenvalue weighted by atomic mass is 16.6. The maximum Gasteiger partial charge on any atom is 0.330 e. The van der Waals surface area contributed by atoms with Crippen LogP contribution < -0.4 is 19.9 Å². The van der Waals surface area contributed by atoms with Crippen molar-refractivity contribution < 1.29 is 24.0 Å². The Morgan fingerprint density at radius 3 is 2.62 bits per heavy atom. The number of methoxy groups -OCH3 is 1. The highest BCUT2D eigenvalue weighted by Gasteiger charge is 2.62. The molecule has 2 aromatic rings. The summed E-state index contributed by atoms with van der Waals surface area (Å²) in [4.78, 5) is 55.1. The summed E-state index contributed by atoms with van der Waals surface area (Å²) >= 11 is 0. The van der Waals surface area contributed by atoms with E-state index in [0.29, 0.717) is 30.9 Å². The number of hydrogen-bond acceptors (Lipinski definition) is 8. The van der Waals surface area contributed by atoms with Crippen LogP contribution in [0.25, 0.3) is 0 Å². The van der Waals surface area contributed by atoms with Gasteiger partial charge in [0.25, 0.3) is 5.69 Å². The predicted molar refractivity (Wildman–Crippen MR) is 122 cm³/mol. The molecular weight excluding hydrogens is 442 g/mol. The van der Waals surface area contributed by atoms with E-state index in [1.807, 2.05) is 29.2 Å². The molecule has 0 unspecified atom stereocenters. The van der Waals surface area contributed by atoms with Crippen molar-refractivity contribution in [3.63, 3.8) is 0 Å². The van der Waals surface area contributed by atoms with Gasteiger partial charge in [-0.1, -0.05) is 12.1 Å². The number of carbonyl (C=O) groups excluding carboxylic acids is 3. The number of para-hydroxylation sites is 2. The van der Waals surface area contributed by atoms with E-state index in [2.05, 4.69) is 10.2 Å². The number of anilines is 2. The lowest BCUT2D eigenvalue weighted by molar-refractivity contribution is -0.384. The van der Waals surface area contributed by atoms with E-state index in [9.17, 15) is 24.5 Å². The topological polar surface area (TPSA) is 125 Å². The molecule has 2 aromatic carbocycles. The number of nitro benzene ring substituents is 1. The van der Waals surface area contributed by atoms with E-state index in [-0.39, 0.29) is 12.1 Å². The zero-order valence-corrected chi connectivity index (χ0v) is 18.7. The van der Waals surface area contributed by atoms with Crippen molar-refractivity contribution in [2.75, 3.05) is 43.6 Å². The molecule has 2 saturated heterocycles. The Balaban J connectivity index is 1.65. The Hall–Kier alpha value is -4.15. The van der Waals surface area contributed by atoms with Gasteiger partial charge in [0.05, 0.1) is 23.8 Å². The van der Waals surface area contributed by atoms with Gasteiger partial charge in [-0.25, -0.2) is 4.79 Å². The van der Waals surface area contributed by atoms with Gasteiger partial charge in [0.1, 0.15) is 5.75 Å². The van der Waals surface area contributed by atoms with Crippen LogP contribution in [0.4, 0.5) is 21.9 Å². The number of amides is 4. The van der Waals surface area contributed by atoms with E-state index in [1.165, 1.54) is 19.2 Å². The molecule has 34 heavy (non-hydrogen) atoms. The standard InChI is InChI=1S/C23H23N5O6/c1-25-21(30)23(20(29)24-22(25)31)12-14-11-15(28(32)33)7-8-16(14)27-10-9-26(13-19(23)27)17-5-3-4-6-18(17)34-2/h3-8,11,19H,9-10,12-13H2,1-2H3,(H,24,29,31)/t19-,23-/m1/s1. The van der Waals surface area contributed by atoms with Crippen molar-refractivity contribution in [2.45, 2.75) is 12.5 Å². The van der Waals surface area contributed by atoms with Crippen LogP contribution >= 0.6 is 0 Å². The van der Waals surface area contributed by atoms with Crippen LogP contribution in [0.15, 0.2) is 42.5 Å². The lowest BCUT2D eigenvalue weighted by atomic mass is 9.67. The Bertz CT molecular complexity index is 1230. The Morgan fingerprint density at radius 2 is 1.88 bits per heavy atom. The summed E-state index contributed by atoms with van der Waals surface area (Å²) in [5, 5.41) is 13.7. The van der Waals surface area contributed by atoms with Crippen LogP contribution in [0.5, 0.6) is 5.75 Å². The second-order valence-electron chi connectivity index (χ2n) is 8.67. The fourth-order valence-corrected chi connectivity index (χ4v) is 5.36. The van der Waals surface area contributed by atoms with E-state index in [1.54, 1.807) is 13.2 Å². The SMILES string of the molecule is COc1ccccc1N1CCN2c3ccc([N+](=O)[O-])cc3C[C@]3(C(=O)NC(=O)N(C)C3=O)[C@H]2C1. The summed E-state index contributed by atoms with van der Waals surface area (Å²) < 4.78 is 5.52. The first-order chi connectivity index (χ1) is 16.3. The molecule has 0 bridgehead atoms. The van der Waals surface area contributed by atoms with Gasteiger partial charge in [-0.05, 0) is 23.8 Å². The fourth-order valence-electron chi connectivity index (χ4n) is 5.36. The Kier molecular flexibility index (Phi) is 4.92. The summed E-state index contributed by atoms with van der Waals surface area (Å²) in [5.74, 6) is -0.631. The largest absolute Gasteiger partial charge is 0.495 e. The number of hydrogen-bond donors (Lipinski definition) is 1.